The predicted molar refractivity (Wildman–Crippen MR) is 69.5 cm³/mol. The van der Waals surface area contributed by atoms with Crippen molar-refractivity contribution in [3.05, 3.63) is 41.4 Å². The standard InChI is InChI=1S/C13H16ClNO/c1-4-7-15(10(2)3)13-6-5-12(14)8-11(13)9-16/h4-6,8-10H,1,7H2,2-3H3. The Kier molecular flexibility index (Phi) is 4.56. The highest BCUT2D eigenvalue weighted by atomic mass is 35.5. The summed E-state index contributed by atoms with van der Waals surface area (Å²) in [7, 11) is 0. The second-order valence-electron chi connectivity index (χ2n) is 3.86. The van der Waals surface area contributed by atoms with Crippen LogP contribution < -0.4 is 4.90 Å². The minimum Gasteiger partial charge on any atom is -0.365 e. The first-order valence-electron chi connectivity index (χ1n) is 5.22. The topological polar surface area (TPSA) is 20.3 Å². The first kappa shape index (κ1) is 12.8. The highest BCUT2D eigenvalue weighted by Gasteiger charge is 2.13. The highest BCUT2D eigenvalue weighted by Crippen LogP contribution is 2.24. The molecule has 0 saturated carbocycles. The monoisotopic (exact) mass is 237 g/mol. The van der Waals surface area contributed by atoms with Crippen LogP contribution in [0.3, 0.4) is 0 Å². The van der Waals surface area contributed by atoms with Crippen LogP contribution in [0.5, 0.6) is 0 Å². The summed E-state index contributed by atoms with van der Waals surface area (Å²) in [5.74, 6) is 0. The summed E-state index contributed by atoms with van der Waals surface area (Å²) in [5.41, 5.74) is 1.51. The normalized spacial score (nSPS) is 10.2. The summed E-state index contributed by atoms with van der Waals surface area (Å²) in [5, 5.41) is 0.577. The van der Waals surface area contributed by atoms with E-state index in [1.165, 1.54) is 0 Å². The Labute approximate surface area is 102 Å². The van der Waals surface area contributed by atoms with Gasteiger partial charge in [-0.05, 0) is 32.0 Å². The van der Waals surface area contributed by atoms with Gasteiger partial charge in [-0.1, -0.05) is 17.7 Å². The third kappa shape index (κ3) is 2.86. The molecule has 0 bridgehead atoms. The van der Waals surface area contributed by atoms with Crippen LogP contribution in [0.2, 0.25) is 5.02 Å². The molecule has 1 aromatic rings. The van der Waals surface area contributed by atoms with E-state index in [0.29, 0.717) is 23.2 Å². The van der Waals surface area contributed by atoms with Crippen molar-refractivity contribution in [2.24, 2.45) is 0 Å². The van der Waals surface area contributed by atoms with Crippen molar-refractivity contribution in [2.75, 3.05) is 11.4 Å². The molecule has 0 amide bonds. The minimum absolute atomic E-state index is 0.304. The van der Waals surface area contributed by atoms with Crippen molar-refractivity contribution in [3.8, 4) is 0 Å². The first-order chi connectivity index (χ1) is 7.60. The van der Waals surface area contributed by atoms with E-state index in [1.54, 1.807) is 12.1 Å². The summed E-state index contributed by atoms with van der Waals surface area (Å²) >= 11 is 5.86. The maximum absolute atomic E-state index is 11.0. The van der Waals surface area contributed by atoms with Gasteiger partial charge in [0.15, 0.2) is 6.29 Å². The number of rotatable bonds is 5. The van der Waals surface area contributed by atoms with Crippen molar-refractivity contribution in [1.82, 2.24) is 0 Å². The number of benzene rings is 1. The first-order valence-corrected chi connectivity index (χ1v) is 5.60. The lowest BCUT2D eigenvalue weighted by molar-refractivity contribution is 0.112. The van der Waals surface area contributed by atoms with E-state index in [4.69, 9.17) is 11.6 Å². The Morgan fingerprint density at radius 1 is 1.50 bits per heavy atom. The molecule has 1 aromatic carbocycles. The maximum atomic E-state index is 11.0. The number of anilines is 1. The van der Waals surface area contributed by atoms with E-state index in [1.807, 2.05) is 12.1 Å². The number of nitrogens with zero attached hydrogens (tertiary/aromatic N) is 1. The van der Waals surface area contributed by atoms with Crippen molar-refractivity contribution in [1.29, 1.82) is 0 Å². The van der Waals surface area contributed by atoms with Crippen LogP contribution in [0, 0.1) is 0 Å². The Morgan fingerprint density at radius 2 is 2.19 bits per heavy atom. The molecule has 0 aliphatic heterocycles. The lowest BCUT2D eigenvalue weighted by atomic mass is 10.1. The zero-order valence-electron chi connectivity index (χ0n) is 9.61. The molecule has 0 radical (unpaired) electrons. The van der Waals surface area contributed by atoms with E-state index in [9.17, 15) is 4.79 Å². The molecule has 0 N–H and O–H groups in total. The van der Waals surface area contributed by atoms with E-state index < -0.39 is 0 Å². The number of carbonyl (C=O) groups is 1. The lowest BCUT2D eigenvalue weighted by Crippen LogP contribution is -2.31. The van der Waals surface area contributed by atoms with Gasteiger partial charge >= 0.3 is 0 Å². The molecule has 0 aliphatic rings. The molecule has 0 unspecified atom stereocenters. The summed E-state index contributed by atoms with van der Waals surface area (Å²) in [6.07, 6.45) is 2.66. The Bertz CT molecular complexity index is 388. The second kappa shape index (κ2) is 5.71. The molecule has 0 fully saturated rings. The van der Waals surface area contributed by atoms with Gasteiger partial charge in [0, 0.05) is 28.9 Å². The smallest absolute Gasteiger partial charge is 0.152 e. The molecule has 3 heteroatoms. The van der Waals surface area contributed by atoms with Crippen LogP contribution in [-0.4, -0.2) is 18.9 Å². The van der Waals surface area contributed by atoms with Crippen LogP contribution in [0.15, 0.2) is 30.9 Å². The van der Waals surface area contributed by atoms with Gasteiger partial charge in [0.2, 0.25) is 0 Å². The van der Waals surface area contributed by atoms with Gasteiger partial charge in [0.1, 0.15) is 0 Å². The zero-order chi connectivity index (χ0) is 12.1. The third-order valence-corrected chi connectivity index (χ3v) is 2.61. The van der Waals surface area contributed by atoms with Crippen LogP contribution in [0.25, 0.3) is 0 Å². The largest absolute Gasteiger partial charge is 0.365 e. The Morgan fingerprint density at radius 3 is 2.69 bits per heavy atom. The average molecular weight is 238 g/mol. The molecular weight excluding hydrogens is 222 g/mol. The van der Waals surface area contributed by atoms with Gasteiger partial charge < -0.3 is 4.90 Å². The van der Waals surface area contributed by atoms with Crippen molar-refractivity contribution >= 4 is 23.6 Å². The molecule has 0 spiro atoms. The molecule has 86 valence electrons. The number of hydrogen-bond donors (Lipinski definition) is 0. The summed E-state index contributed by atoms with van der Waals surface area (Å²) in [6.45, 7) is 8.59. The van der Waals surface area contributed by atoms with Gasteiger partial charge in [0.25, 0.3) is 0 Å². The lowest BCUT2D eigenvalue weighted by Gasteiger charge is -2.28. The molecule has 0 aromatic heterocycles. The van der Waals surface area contributed by atoms with Crippen LogP contribution in [0.1, 0.15) is 24.2 Å². The SMILES string of the molecule is C=CCN(c1ccc(Cl)cc1C=O)C(C)C. The van der Waals surface area contributed by atoms with Gasteiger partial charge in [-0.25, -0.2) is 0 Å². The number of aldehydes is 1. The molecule has 1 rings (SSSR count). The maximum Gasteiger partial charge on any atom is 0.152 e. The molecule has 16 heavy (non-hydrogen) atoms. The minimum atomic E-state index is 0.304. The summed E-state index contributed by atoms with van der Waals surface area (Å²) in [4.78, 5) is 13.1. The van der Waals surface area contributed by atoms with Crippen LogP contribution in [-0.2, 0) is 0 Å². The highest BCUT2D eigenvalue weighted by molar-refractivity contribution is 6.31. The van der Waals surface area contributed by atoms with Gasteiger partial charge in [-0.3, -0.25) is 4.79 Å². The van der Waals surface area contributed by atoms with Crippen molar-refractivity contribution < 1.29 is 4.79 Å². The average Bonchev–Trinajstić information content (AvgIpc) is 2.26. The number of halogens is 1. The van der Waals surface area contributed by atoms with E-state index in [-0.39, 0.29) is 0 Å². The van der Waals surface area contributed by atoms with E-state index in [2.05, 4.69) is 25.3 Å². The van der Waals surface area contributed by atoms with Crippen molar-refractivity contribution in [3.63, 3.8) is 0 Å². The molecule has 0 atom stereocenters. The van der Waals surface area contributed by atoms with E-state index in [0.717, 1.165) is 12.0 Å². The molecule has 0 saturated heterocycles. The predicted octanol–water partition coefficient (Wildman–Crippen LogP) is 3.55. The molecule has 2 nitrogen and oxygen atoms in total. The van der Waals surface area contributed by atoms with Gasteiger partial charge in [-0.2, -0.15) is 0 Å². The Hall–Kier alpha value is -1.28. The molecular formula is C13H16ClNO. The molecule has 0 heterocycles. The third-order valence-electron chi connectivity index (χ3n) is 2.38. The van der Waals surface area contributed by atoms with Crippen molar-refractivity contribution in [2.45, 2.75) is 19.9 Å². The second-order valence-corrected chi connectivity index (χ2v) is 4.29. The quantitative estimate of drug-likeness (QED) is 0.577. The molecule has 0 aliphatic carbocycles. The van der Waals surface area contributed by atoms with Gasteiger partial charge in [0.05, 0.1) is 0 Å². The fourth-order valence-electron chi connectivity index (χ4n) is 1.61. The number of carbonyl (C=O) groups excluding carboxylic acids is 1. The summed E-state index contributed by atoms with van der Waals surface area (Å²) < 4.78 is 0. The summed E-state index contributed by atoms with van der Waals surface area (Å²) in [6, 6.07) is 5.65. The van der Waals surface area contributed by atoms with Crippen LogP contribution >= 0.6 is 11.6 Å². The Balaban J connectivity index is 3.17. The van der Waals surface area contributed by atoms with E-state index >= 15 is 0 Å². The fraction of sp³-hybridized carbons (Fsp3) is 0.308. The fourth-order valence-corrected chi connectivity index (χ4v) is 1.79. The number of hydrogen-bond acceptors (Lipinski definition) is 2. The van der Waals surface area contributed by atoms with Crippen LogP contribution in [0.4, 0.5) is 5.69 Å². The zero-order valence-corrected chi connectivity index (χ0v) is 10.4. The van der Waals surface area contributed by atoms with Gasteiger partial charge in [-0.15, -0.1) is 6.58 Å².